The minimum absolute atomic E-state index is 0.414. The molecule has 3 nitrogen and oxygen atoms in total. The zero-order valence-corrected chi connectivity index (χ0v) is 11.2. The summed E-state index contributed by atoms with van der Waals surface area (Å²) in [7, 11) is 1.74. The topological polar surface area (TPSA) is 50.4 Å². The van der Waals surface area contributed by atoms with Crippen molar-refractivity contribution in [1.29, 1.82) is 0 Å². The maximum atomic E-state index is 5.49. The van der Waals surface area contributed by atoms with Gasteiger partial charge in [-0.2, -0.15) is 0 Å². The summed E-state index contributed by atoms with van der Waals surface area (Å²) in [6, 6.07) is 8.17. The number of hydrogen-bond acceptors (Lipinski definition) is 3. The molecule has 0 atom stereocenters. The second kappa shape index (κ2) is 9.60. The lowest BCUT2D eigenvalue weighted by atomic mass is 10.1. The van der Waals surface area contributed by atoms with E-state index in [0.717, 1.165) is 11.3 Å². The van der Waals surface area contributed by atoms with Crippen LogP contribution in [-0.4, -0.2) is 19.9 Å². The maximum absolute atomic E-state index is 5.49. The van der Waals surface area contributed by atoms with Gasteiger partial charge in [-0.15, -0.1) is 0 Å². The van der Waals surface area contributed by atoms with Gasteiger partial charge >= 0.3 is 0 Å². The van der Waals surface area contributed by atoms with Crippen molar-refractivity contribution in [3.63, 3.8) is 0 Å². The normalized spacial score (nSPS) is 11.0. The second-order valence-electron chi connectivity index (χ2n) is 3.18. The van der Waals surface area contributed by atoms with E-state index in [-0.39, 0.29) is 0 Å². The predicted octanol–water partition coefficient (Wildman–Crippen LogP) is 2.57. The van der Waals surface area contributed by atoms with Crippen LogP contribution < -0.4 is 11.1 Å². The standard InChI is InChI=1S/C12H17N3.C2H6/c1-10-5-3-4-6-11(10)12(15-9-13)7-8-14-2;1-2/h3-8,15H,9,13H2,1-2H3;1-2H3/b12-7-,14-8?;. The molecule has 94 valence electrons. The van der Waals surface area contributed by atoms with E-state index < -0.39 is 0 Å². The lowest BCUT2D eigenvalue weighted by Gasteiger charge is -2.11. The van der Waals surface area contributed by atoms with Crippen LogP contribution in [0, 0.1) is 6.92 Å². The van der Waals surface area contributed by atoms with E-state index in [0.29, 0.717) is 6.67 Å². The molecule has 3 N–H and O–H groups in total. The molecule has 17 heavy (non-hydrogen) atoms. The van der Waals surface area contributed by atoms with Crippen molar-refractivity contribution < 1.29 is 0 Å². The van der Waals surface area contributed by atoms with E-state index in [1.54, 1.807) is 13.3 Å². The van der Waals surface area contributed by atoms with Crippen LogP contribution in [0.25, 0.3) is 5.70 Å². The molecule has 0 fully saturated rings. The van der Waals surface area contributed by atoms with Gasteiger partial charge in [0.1, 0.15) is 0 Å². The number of aryl methyl sites for hydroxylation is 1. The van der Waals surface area contributed by atoms with Crippen LogP contribution in [0.1, 0.15) is 25.0 Å². The third-order valence-corrected chi connectivity index (χ3v) is 2.12. The molecule has 0 aliphatic carbocycles. The summed E-state index contributed by atoms with van der Waals surface area (Å²) in [6.45, 7) is 6.49. The number of nitrogens with zero attached hydrogens (tertiary/aromatic N) is 1. The second-order valence-corrected chi connectivity index (χ2v) is 3.18. The Morgan fingerprint density at radius 2 is 2.00 bits per heavy atom. The van der Waals surface area contributed by atoms with Crippen LogP contribution in [0.5, 0.6) is 0 Å². The first-order valence-electron chi connectivity index (χ1n) is 5.92. The molecule has 1 aromatic carbocycles. The van der Waals surface area contributed by atoms with Crippen LogP contribution in [0.2, 0.25) is 0 Å². The Labute approximate surface area is 104 Å². The highest BCUT2D eigenvalue weighted by Gasteiger charge is 2.01. The molecule has 0 radical (unpaired) electrons. The fourth-order valence-corrected chi connectivity index (χ4v) is 1.38. The van der Waals surface area contributed by atoms with Gasteiger partial charge in [-0.3, -0.25) is 4.99 Å². The van der Waals surface area contributed by atoms with Gasteiger partial charge in [-0.1, -0.05) is 38.1 Å². The van der Waals surface area contributed by atoms with Gasteiger partial charge in [0.05, 0.1) is 6.67 Å². The number of hydrogen-bond donors (Lipinski definition) is 2. The summed E-state index contributed by atoms with van der Waals surface area (Å²) in [5.41, 5.74) is 8.87. The van der Waals surface area contributed by atoms with Crippen LogP contribution >= 0.6 is 0 Å². The molecule has 0 unspecified atom stereocenters. The largest absolute Gasteiger partial charge is 0.372 e. The summed E-state index contributed by atoms with van der Waals surface area (Å²) in [6.07, 6.45) is 3.68. The fourth-order valence-electron chi connectivity index (χ4n) is 1.38. The Hall–Kier alpha value is -1.61. The average molecular weight is 233 g/mol. The first-order chi connectivity index (χ1) is 8.29. The Morgan fingerprint density at radius 1 is 1.35 bits per heavy atom. The van der Waals surface area contributed by atoms with E-state index >= 15 is 0 Å². The van der Waals surface area contributed by atoms with E-state index in [4.69, 9.17) is 5.73 Å². The Balaban J connectivity index is 0.00000121. The molecule has 0 heterocycles. The monoisotopic (exact) mass is 233 g/mol. The number of aliphatic imine (C=N–C) groups is 1. The van der Waals surface area contributed by atoms with Gasteiger partial charge in [0.15, 0.2) is 0 Å². The lowest BCUT2D eigenvalue weighted by molar-refractivity contribution is 0.902. The first kappa shape index (κ1) is 15.4. The van der Waals surface area contributed by atoms with Crippen molar-refractivity contribution >= 4 is 11.9 Å². The summed E-state index contributed by atoms with van der Waals surface area (Å²) < 4.78 is 0. The smallest absolute Gasteiger partial charge is 0.0628 e. The van der Waals surface area contributed by atoms with Crippen molar-refractivity contribution in [3.8, 4) is 0 Å². The van der Waals surface area contributed by atoms with Crippen molar-refractivity contribution in [2.75, 3.05) is 13.7 Å². The predicted molar refractivity (Wildman–Crippen MR) is 77.1 cm³/mol. The van der Waals surface area contributed by atoms with Gasteiger partial charge in [-0.05, 0) is 18.6 Å². The van der Waals surface area contributed by atoms with E-state index in [1.807, 2.05) is 32.1 Å². The Kier molecular flexibility index (Phi) is 8.69. The van der Waals surface area contributed by atoms with E-state index in [1.165, 1.54) is 5.56 Å². The highest BCUT2D eigenvalue weighted by Crippen LogP contribution is 2.15. The molecule has 1 rings (SSSR count). The van der Waals surface area contributed by atoms with Crippen LogP contribution in [-0.2, 0) is 0 Å². The SMILES string of the molecule is CC.CN=C/C=C(\NCN)c1ccccc1C. The quantitative estimate of drug-likeness (QED) is 0.620. The molecule has 0 saturated heterocycles. The lowest BCUT2D eigenvalue weighted by Crippen LogP contribution is -2.21. The minimum Gasteiger partial charge on any atom is -0.372 e. The molecule has 0 aliphatic heterocycles. The molecule has 0 spiro atoms. The van der Waals surface area contributed by atoms with Crippen LogP contribution in [0.4, 0.5) is 0 Å². The molecule has 0 bridgehead atoms. The highest BCUT2D eigenvalue weighted by molar-refractivity contribution is 5.84. The fraction of sp³-hybridized carbons (Fsp3) is 0.357. The summed E-state index contributed by atoms with van der Waals surface area (Å²) in [5.74, 6) is 0. The third-order valence-electron chi connectivity index (χ3n) is 2.12. The van der Waals surface area contributed by atoms with Gasteiger partial charge < -0.3 is 11.1 Å². The first-order valence-corrected chi connectivity index (χ1v) is 5.92. The molecule has 0 saturated carbocycles. The van der Waals surface area contributed by atoms with Crippen molar-refractivity contribution in [2.24, 2.45) is 10.7 Å². The molecule has 3 heteroatoms. The minimum atomic E-state index is 0.414. The Morgan fingerprint density at radius 3 is 2.53 bits per heavy atom. The number of nitrogens with two attached hydrogens (primary N) is 1. The molecule has 0 aromatic heterocycles. The zero-order chi connectivity index (χ0) is 13.1. The van der Waals surface area contributed by atoms with E-state index in [9.17, 15) is 0 Å². The molecule has 0 amide bonds. The maximum Gasteiger partial charge on any atom is 0.0628 e. The number of rotatable bonds is 4. The number of allylic oxidation sites excluding steroid dienone is 1. The molecular formula is C14H23N3. The molecule has 1 aromatic rings. The van der Waals surface area contributed by atoms with Crippen molar-refractivity contribution in [1.82, 2.24) is 5.32 Å². The van der Waals surface area contributed by atoms with Gasteiger partial charge in [0.2, 0.25) is 0 Å². The van der Waals surface area contributed by atoms with Gasteiger partial charge in [0, 0.05) is 24.5 Å². The third kappa shape index (κ3) is 5.31. The summed E-state index contributed by atoms with van der Waals surface area (Å²) in [4.78, 5) is 3.93. The van der Waals surface area contributed by atoms with Crippen LogP contribution in [0.3, 0.4) is 0 Å². The summed E-state index contributed by atoms with van der Waals surface area (Å²) in [5, 5.41) is 3.12. The van der Waals surface area contributed by atoms with Crippen molar-refractivity contribution in [3.05, 3.63) is 41.5 Å². The molecular weight excluding hydrogens is 210 g/mol. The Bertz CT molecular complexity index is 367. The number of nitrogens with one attached hydrogen (secondary N) is 1. The molecule has 0 aliphatic rings. The van der Waals surface area contributed by atoms with Gasteiger partial charge in [0.25, 0.3) is 0 Å². The highest BCUT2D eigenvalue weighted by atomic mass is 15.0. The van der Waals surface area contributed by atoms with Crippen LogP contribution in [0.15, 0.2) is 35.3 Å². The number of benzene rings is 1. The average Bonchev–Trinajstić information content (AvgIpc) is 2.38. The summed E-state index contributed by atoms with van der Waals surface area (Å²) >= 11 is 0. The van der Waals surface area contributed by atoms with Crippen molar-refractivity contribution in [2.45, 2.75) is 20.8 Å². The van der Waals surface area contributed by atoms with E-state index in [2.05, 4.69) is 29.4 Å². The van der Waals surface area contributed by atoms with Gasteiger partial charge in [-0.25, -0.2) is 0 Å². The zero-order valence-electron chi connectivity index (χ0n) is 11.2.